The highest BCUT2D eigenvalue weighted by Crippen LogP contribution is 2.32. The van der Waals surface area contributed by atoms with E-state index in [1.165, 1.54) is 44.9 Å². The maximum Gasteiger partial charge on any atom is 0.0558 e. The summed E-state index contributed by atoms with van der Waals surface area (Å²) in [6.07, 6.45) is 8.95. The molecule has 0 aromatic heterocycles. The predicted molar refractivity (Wildman–Crippen MR) is 61.7 cm³/mol. The predicted octanol–water partition coefficient (Wildman–Crippen LogP) is 1.10. The number of hydrogen-bond acceptors (Lipinski definition) is 3. The molecule has 15 heavy (non-hydrogen) atoms. The van der Waals surface area contributed by atoms with E-state index in [2.05, 4.69) is 4.90 Å². The quantitative estimate of drug-likeness (QED) is 0.686. The van der Waals surface area contributed by atoms with E-state index in [0.717, 1.165) is 12.6 Å². The normalized spacial score (nSPS) is 33.0. The lowest BCUT2D eigenvalue weighted by atomic mass is 10.0. The highest BCUT2D eigenvalue weighted by molar-refractivity contribution is 4.93. The molecular weight excluding hydrogens is 188 g/mol. The van der Waals surface area contributed by atoms with Crippen molar-refractivity contribution in [2.24, 2.45) is 5.73 Å². The molecule has 2 atom stereocenters. The summed E-state index contributed by atoms with van der Waals surface area (Å²) in [5.41, 5.74) is 6.25. The van der Waals surface area contributed by atoms with Crippen LogP contribution in [0.3, 0.4) is 0 Å². The Morgan fingerprint density at radius 2 is 1.80 bits per heavy atom. The Kier molecular flexibility index (Phi) is 4.00. The zero-order valence-electron chi connectivity index (χ0n) is 9.57. The van der Waals surface area contributed by atoms with Gasteiger partial charge in [0.15, 0.2) is 0 Å². The van der Waals surface area contributed by atoms with Crippen LogP contribution in [0.15, 0.2) is 0 Å². The minimum absolute atomic E-state index is 0.278. The van der Waals surface area contributed by atoms with Crippen molar-refractivity contribution < 1.29 is 5.11 Å². The Labute approximate surface area is 92.6 Å². The van der Waals surface area contributed by atoms with Crippen LogP contribution in [0.2, 0.25) is 0 Å². The lowest BCUT2D eigenvalue weighted by molar-refractivity contribution is 0.120. The van der Waals surface area contributed by atoms with Crippen LogP contribution in [0, 0.1) is 0 Å². The zero-order valence-corrected chi connectivity index (χ0v) is 9.57. The first-order valence-corrected chi connectivity index (χ1v) is 6.45. The molecule has 0 aromatic carbocycles. The van der Waals surface area contributed by atoms with Crippen LogP contribution in [0.1, 0.15) is 44.9 Å². The van der Waals surface area contributed by atoms with Crippen LogP contribution >= 0.6 is 0 Å². The Bertz CT molecular complexity index is 194. The first kappa shape index (κ1) is 11.4. The van der Waals surface area contributed by atoms with Gasteiger partial charge < -0.3 is 10.8 Å². The highest BCUT2D eigenvalue weighted by Gasteiger charge is 2.36. The van der Waals surface area contributed by atoms with Crippen molar-refractivity contribution >= 4 is 0 Å². The lowest BCUT2D eigenvalue weighted by Gasteiger charge is -2.34. The SMILES string of the molecule is NC1CCCCCC1N(CCO)C1CC1. The topological polar surface area (TPSA) is 49.5 Å². The summed E-state index contributed by atoms with van der Waals surface area (Å²) < 4.78 is 0. The molecule has 2 fully saturated rings. The molecule has 0 radical (unpaired) electrons. The van der Waals surface area contributed by atoms with Crippen LogP contribution in [0.5, 0.6) is 0 Å². The summed E-state index contributed by atoms with van der Waals surface area (Å²) in [5.74, 6) is 0. The third-order valence-corrected chi connectivity index (χ3v) is 3.83. The fourth-order valence-electron chi connectivity index (χ4n) is 2.87. The second-order valence-corrected chi connectivity index (χ2v) is 5.06. The molecule has 0 aliphatic heterocycles. The van der Waals surface area contributed by atoms with Gasteiger partial charge in [-0.3, -0.25) is 4.90 Å². The molecule has 3 nitrogen and oxygen atoms in total. The Balaban J connectivity index is 1.96. The van der Waals surface area contributed by atoms with Crippen molar-refractivity contribution in [3.8, 4) is 0 Å². The van der Waals surface area contributed by atoms with Gasteiger partial charge >= 0.3 is 0 Å². The number of aliphatic hydroxyl groups is 1. The molecule has 0 amide bonds. The molecule has 3 N–H and O–H groups in total. The van der Waals surface area contributed by atoms with Gasteiger partial charge in [-0.2, -0.15) is 0 Å². The van der Waals surface area contributed by atoms with E-state index in [0.29, 0.717) is 12.1 Å². The highest BCUT2D eigenvalue weighted by atomic mass is 16.3. The van der Waals surface area contributed by atoms with Crippen molar-refractivity contribution in [2.75, 3.05) is 13.2 Å². The van der Waals surface area contributed by atoms with Gasteiger partial charge in [0.1, 0.15) is 0 Å². The van der Waals surface area contributed by atoms with Crippen molar-refractivity contribution in [2.45, 2.75) is 63.1 Å². The third-order valence-electron chi connectivity index (χ3n) is 3.83. The number of hydrogen-bond donors (Lipinski definition) is 2. The summed E-state index contributed by atoms with van der Waals surface area (Å²) in [5, 5.41) is 9.12. The van der Waals surface area contributed by atoms with E-state index >= 15 is 0 Å². The molecular formula is C12H24N2O. The second kappa shape index (κ2) is 5.28. The van der Waals surface area contributed by atoms with Gasteiger partial charge in [-0.05, 0) is 25.7 Å². The third kappa shape index (κ3) is 2.92. The molecule has 0 bridgehead atoms. The number of nitrogens with zero attached hydrogens (tertiary/aromatic N) is 1. The van der Waals surface area contributed by atoms with E-state index in [9.17, 15) is 0 Å². The summed E-state index contributed by atoms with van der Waals surface area (Å²) in [4.78, 5) is 2.48. The van der Waals surface area contributed by atoms with Crippen LogP contribution < -0.4 is 5.73 Å². The van der Waals surface area contributed by atoms with Crippen LogP contribution in [-0.4, -0.2) is 41.3 Å². The average Bonchev–Trinajstić information content (AvgIpc) is 3.02. The van der Waals surface area contributed by atoms with Gasteiger partial charge in [-0.15, -0.1) is 0 Å². The van der Waals surface area contributed by atoms with Gasteiger partial charge in [-0.1, -0.05) is 19.3 Å². The van der Waals surface area contributed by atoms with E-state index < -0.39 is 0 Å². The fraction of sp³-hybridized carbons (Fsp3) is 1.00. The van der Waals surface area contributed by atoms with E-state index in [-0.39, 0.29) is 6.61 Å². The van der Waals surface area contributed by atoms with Gasteiger partial charge in [0.2, 0.25) is 0 Å². The van der Waals surface area contributed by atoms with Crippen LogP contribution in [0.4, 0.5) is 0 Å². The molecule has 0 spiro atoms. The number of aliphatic hydroxyl groups excluding tert-OH is 1. The summed E-state index contributed by atoms with van der Waals surface area (Å²) in [6.45, 7) is 1.10. The Hall–Kier alpha value is -0.120. The van der Waals surface area contributed by atoms with Crippen LogP contribution in [-0.2, 0) is 0 Å². The van der Waals surface area contributed by atoms with Crippen molar-refractivity contribution in [3.63, 3.8) is 0 Å². The molecule has 0 heterocycles. The lowest BCUT2D eigenvalue weighted by Crippen LogP contribution is -2.49. The van der Waals surface area contributed by atoms with Crippen molar-refractivity contribution in [1.29, 1.82) is 0 Å². The Morgan fingerprint density at radius 1 is 1.07 bits per heavy atom. The average molecular weight is 212 g/mol. The molecule has 2 aliphatic carbocycles. The summed E-state index contributed by atoms with van der Waals surface area (Å²) >= 11 is 0. The van der Waals surface area contributed by atoms with E-state index in [1.807, 2.05) is 0 Å². The fourth-order valence-corrected chi connectivity index (χ4v) is 2.87. The molecule has 88 valence electrons. The van der Waals surface area contributed by atoms with Gasteiger partial charge in [-0.25, -0.2) is 0 Å². The monoisotopic (exact) mass is 212 g/mol. The maximum absolute atomic E-state index is 9.12. The minimum Gasteiger partial charge on any atom is -0.395 e. The first-order valence-electron chi connectivity index (χ1n) is 6.45. The summed E-state index contributed by atoms with van der Waals surface area (Å²) in [6, 6.07) is 1.60. The molecule has 2 saturated carbocycles. The van der Waals surface area contributed by atoms with Gasteiger partial charge in [0, 0.05) is 24.7 Å². The molecule has 2 unspecified atom stereocenters. The van der Waals surface area contributed by atoms with Crippen molar-refractivity contribution in [3.05, 3.63) is 0 Å². The van der Waals surface area contributed by atoms with E-state index in [4.69, 9.17) is 10.8 Å². The molecule has 0 aromatic rings. The van der Waals surface area contributed by atoms with Crippen molar-refractivity contribution in [1.82, 2.24) is 4.90 Å². The van der Waals surface area contributed by atoms with Gasteiger partial charge in [0.25, 0.3) is 0 Å². The van der Waals surface area contributed by atoms with Gasteiger partial charge in [0.05, 0.1) is 6.61 Å². The summed E-state index contributed by atoms with van der Waals surface area (Å²) in [7, 11) is 0. The molecule has 2 rings (SSSR count). The maximum atomic E-state index is 9.12. The standard InChI is InChI=1S/C12H24N2O/c13-11-4-2-1-3-5-12(11)14(8-9-15)10-6-7-10/h10-12,15H,1-9,13H2. The molecule has 3 heteroatoms. The number of nitrogens with two attached hydrogens (primary N) is 1. The number of rotatable bonds is 4. The zero-order chi connectivity index (χ0) is 10.7. The Morgan fingerprint density at radius 3 is 2.47 bits per heavy atom. The molecule has 2 aliphatic rings. The first-order chi connectivity index (χ1) is 7.33. The van der Waals surface area contributed by atoms with Crippen LogP contribution in [0.25, 0.3) is 0 Å². The molecule has 0 saturated heterocycles. The smallest absolute Gasteiger partial charge is 0.0558 e. The largest absolute Gasteiger partial charge is 0.395 e. The minimum atomic E-state index is 0.278. The second-order valence-electron chi connectivity index (χ2n) is 5.06. The van der Waals surface area contributed by atoms with E-state index in [1.54, 1.807) is 0 Å².